The molecule has 1 atom stereocenters. The molecule has 0 radical (unpaired) electrons. The second-order valence-corrected chi connectivity index (χ2v) is 11.6. The number of anilines is 1. The van der Waals surface area contributed by atoms with Crippen LogP contribution < -0.4 is 9.62 Å². The zero-order valence-electron chi connectivity index (χ0n) is 21.4. The zero-order valence-corrected chi connectivity index (χ0v) is 23.8. The Morgan fingerprint density at radius 3 is 2.32 bits per heavy atom. The van der Waals surface area contributed by atoms with Crippen LogP contribution in [0.4, 0.5) is 5.69 Å². The Hall–Kier alpha value is -3.17. The third-order valence-corrected chi connectivity index (χ3v) is 8.27. The molecule has 9 heteroatoms. The maximum atomic E-state index is 13.9. The van der Waals surface area contributed by atoms with Gasteiger partial charge in [-0.15, -0.1) is 0 Å². The van der Waals surface area contributed by atoms with E-state index in [1.807, 2.05) is 50.2 Å². The summed E-state index contributed by atoms with van der Waals surface area (Å²) in [6.07, 6.45) is 0. The van der Waals surface area contributed by atoms with Crippen molar-refractivity contribution in [3.63, 3.8) is 0 Å². The maximum Gasteiger partial charge on any atom is 0.264 e. The molecule has 7 nitrogen and oxygen atoms in total. The summed E-state index contributed by atoms with van der Waals surface area (Å²) in [6.45, 7) is 7.23. The normalized spacial score (nSPS) is 12.0. The van der Waals surface area contributed by atoms with Gasteiger partial charge in [0.1, 0.15) is 12.6 Å². The SMILES string of the molecule is CCNC(=O)[C@H](C)N(Cc1cccc(Br)c1)C(=O)CN(c1cc(C)ccc1C)S(=O)(=O)c1ccccc1. The molecule has 37 heavy (non-hydrogen) atoms. The van der Waals surface area contributed by atoms with E-state index < -0.39 is 28.5 Å². The molecule has 3 aromatic carbocycles. The lowest BCUT2D eigenvalue weighted by molar-refractivity contribution is -0.139. The molecule has 196 valence electrons. The van der Waals surface area contributed by atoms with E-state index in [4.69, 9.17) is 0 Å². The van der Waals surface area contributed by atoms with Gasteiger partial charge in [-0.2, -0.15) is 0 Å². The van der Waals surface area contributed by atoms with Crippen LogP contribution in [0.25, 0.3) is 0 Å². The lowest BCUT2D eigenvalue weighted by atomic mass is 10.1. The van der Waals surface area contributed by atoms with Crippen molar-refractivity contribution in [3.05, 3.63) is 94.0 Å². The molecule has 0 bridgehead atoms. The van der Waals surface area contributed by atoms with Crippen LogP contribution in [0, 0.1) is 13.8 Å². The van der Waals surface area contributed by atoms with E-state index in [0.717, 1.165) is 19.9 Å². The van der Waals surface area contributed by atoms with Gasteiger partial charge in [-0.05, 0) is 74.7 Å². The number of carbonyl (C=O) groups excluding carboxylic acids is 2. The van der Waals surface area contributed by atoms with Gasteiger partial charge in [0, 0.05) is 17.6 Å². The van der Waals surface area contributed by atoms with E-state index in [1.54, 1.807) is 38.1 Å². The van der Waals surface area contributed by atoms with Gasteiger partial charge in [0.25, 0.3) is 10.0 Å². The molecule has 0 aliphatic rings. The van der Waals surface area contributed by atoms with Crippen molar-refractivity contribution in [2.24, 2.45) is 0 Å². The molecule has 1 N–H and O–H groups in total. The van der Waals surface area contributed by atoms with Crippen LogP contribution in [0.15, 0.2) is 82.2 Å². The first-order valence-electron chi connectivity index (χ1n) is 12.0. The Bertz CT molecular complexity index is 1360. The average Bonchev–Trinajstić information content (AvgIpc) is 2.87. The fraction of sp³-hybridized carbons (Fsp3) is 0.286. The Morgan fingerprint density at radius 1 is 0.973 bits per heavy atom. The van der Waals surface area contributed by atoms with E-state index >= 15 is 0 Å². The van der Waals surface area contributed by atoms with Crippen LogP contribution in [0.3, 0.4) is 0 Å². The minimum atomic E-state index is -4.08. The van der Waals surface area contributed by atoms with Crippen LogP contribution in [0.2, 0.25) is 0 Å². The Labute approximate surface area is 227 Å². The van der Waals surface area contributed by atoms with Gasteiger partial charge in [-0.1, -0.05) is 58.4 Å². The molecule has 0 spiro atoms. The number of halogens is 1. The summed E-state index contributed by atoms with van der Waals surface area (Å²) in [7, 11) is -4.08. The second-order valence-electron chi connectivity index (χ2n) is 8.84. The fourth-order valence-electron chi connectivity index (χ4n) is 3.96. The number of amides is 2. The molecular weight excluding hydrogens is 554 g/mol. The Balaban J connectivity index is 2.06. The Morgan fingerprint density at radius 2 is 1.68 bits per heavy atom. The minimum absolute atomic E-state index is 0.0824. The molecule has 0 saturated heterocycles. The van der Waals surface area contributed by atoms with Crippen LogP contribution in [-0.2, 0) is 26.2 Å². The van der Waals surface area contributed by atoms with Gasteiger partial charge >= 0.3 is 0 Å². The molecule has 0 aromatic heterocycles. The molecular formula is C28H32BrN3O4S. The molecule has 0 saturated carbocycles. The van der Waals surface area contributed by atoms with E-state index in [0.29, 0.717) is 17.8 Å². The number of carbonyl (C=O) groups is 2. The third-order valence-electron chi connectivity index (χ3n) is 6.00. The first-order chi connectivity index (χ1) is 17.5. The van der Waals surface area contributed by atoms with Crippen molar-refractivity contribution in [1.82, 2.24) is 10.2 Å². The molecule has 0 unspecified atom stereocenters. The summed E-state index contributed by atoms with van der Waals surface area (Å²) < 4.78 is 29.7. The number of rotatable bonds is 10. The van der Waals surface area contributed by atoms with Gasteiger partial charge in [0.15, 0.2) is 0 Å². The van der Waals surface area contributed by atoms with Crippen LogP contribution in [0.5, 0.6) is 0 Å². The summed E-state index contributed by atoms with van der Waals surface area (Å²) in [6, 6.07) is 20.2. The summed E-state index contributed by atoms with van der Waals surface area (Å²) in [5, 5.41) is 2.76. The highest BCUT2D eigenvalue weighted by atomic mass is 79.9. The van der Waals surface area contributed by atoms with E-state index in [2.05, 4.69) is 21.2 Å². The maximum absolute atomic E-state index is 13.9. The van der Waals surface area contributed by atoms with Crippen LogP contribution in [0.1, 0.15) is 30.5 Å². The van der Waals surface area contributed by atoms with Gasteiger partial charge in [-0.25, -0.2) is 8.42 Å². The number of nitrogens with zero attached hydrogens (tertiary/aromatic N) is 2. The fourth-order valence-corrected chi connectivity index (χ4v) is 5.90. The van der Waals surface area contributed by atoms with Gasteiger partial charge in [-0.3, -0.25) is 13.9 Å². The van der Waals surface area contributed by atoms with Crippen LogP contribution in [-0.4, -0.2) is 44.3 Å². The molecule has 0 aliphatic carbocycles. The van der Waals surface area contributed by atoms with E-state index in [9.17, 15) is 18.0 Å². The van der Waals surface area contributed by atoms with Crippen molar-refractivity contribution < 1.29 is 18.0 Å². The number of likely N-dealkylation sites (N-methyl/N-ethyl adjacent to an activating group) is 1. The van der Waals surface area contributed by atoms with E-state index in [1.165, 1.54) is 17.0 Å². The van der Waals surface area contributed by atoms with Crippen molar-refractivity contribution in [1.29, 1.82) is 0 Å². The quantitative estimate of drug-likeness (QED) is 0.370. The highest BCUT2D eigenvalue weighted by Crippen LogP contribution is 2.28. The minimum Gasteiger partial charge on any atom is -0.355 e. The predicted molar refractivity (Wildman–Crippen MR) is 150 cm³/mol. The lowest BCUT2D eigenvalue weighted by Crippen LogP contribution is -2.51. The molecule has 0 heterocycles. The summed E-state index contributed by atoms with van der Waals surface area (Å²) in [5.41, 5.74) is 2.81. The van der Waals surface area contributed by atoms with Gasteiger partial charge < -0.3 is 10.2 Å². The lowest BCUT2D eigenvalue weighted by Gasteiger charge is -2.32. The first-order valence-corrected chi connectivity index (χ1v) is 14.2. The highest BCUT2D eigenvalue weighted by molar-refractivity contribution is 9.10. The number of hydrogen-bond acceptors (Lipinski definition) is 4. The first kappa shape index (κ1) is 28.4. The Kier molecular flexibility index (Phi) is 9.50. The summed E-state index contributed by atoms with van der Waals surface area (Å²) >= 11 is 3.45. The topological polar surface area (TPSA) is 86.8 Å². The predicted octanol–water partition coefficient (Wildman–Crippen LogP) is 4.81. The number of sulfonamides is 1. The van der Waals surface area contributed by atoms with Gasteiger partial charge in [0.05, 0.1) is 10.6 Å². The number of hydrogen-bond donors (Lipinski definition) is 1. The molecule has 3 rings (SSSR count). The standard InChI is InChI=1S/C28H32BrN3O4S/c1-5-30-28(34)22(4)31(18-23-10-9-11-24(29)17-23)27(33)19-32(26-16-20(2)14-15-21(26)3)37(35,36)25-12-7-6-8-13-25/h6-17,22H,5,18-19H2,1-4H3,(H,30,34)/t22-/m0/s1. The van der Waals surface area contributed by atoms with Crippen molar-refractivity contribution >= 4 is 43.5 Å². The number of nitrogens with one attached hydrogen (secondary N) is 1. The summed E-state index contributed by atoms with van der Waals surface area (Å²) in [4.78, 5) is 28.1. The number of aryl methyl sites for hydroxylation is 2. The third kappa shape index (κ3) is 6.99. The molecule has 0 aliphatic heterocycles. The largest absolute Gasteiger partial charge is 0.355 e. The smallest absolute Gasteiger partial charge is 0.264 e. The molecule has 3 aromatic rings. The second kappa shape index (κ2) is 12.4. The van der Waals surface area contributed by atoms with Crippen molar-refractivity contribution in [3.8, 4) is 0 Å². The monoisotopic (exact) mass is 585 g/mol. The average molecular weight is 587 g/mol. The van der Waals surface area contributed by atoms with Crippen molar-refractivity contribution in [2.75, 3.05) is 17.4 Å². The molecule has 2 amide bonds. The number of benzene rings is 3. The van der Waals surface area contributed by atoms with E-state index in [-0.39, 0.29) is 17.3 Å². The van der Waals surface area contributed by atoms with Crippen molar-refractivity contribution in [2.45, 2.75) is 45.2 Å². The molecule has 0 fully saturated rings. The summed E-state index contributed by atoms with van der Waals surface area (Å²) in [5.74, 6) is -0.797. The van der Waals surface area contributed by atoms with Crippen LogP contribution >= 0.6 is 15.9 Å². The zero-order chi connectivity index (χ0) is 27.2. The highest BCUT2D eigenvalue weighted by Gasteiger charge is 2.33. The van der Waals surface area contributed by atoms with Gasteiger partial charge in [0.2, 0.25) is 11.8 Å².